The molecule has 0 saturated heterocycles. The molecule has 6 nitrogen and oxygen atoms in total. The maximum Gasteiger partial charge on any atom is 1.00 e. The van der Waals surface area contributed by atoms with E-state index in [1.165, 1.54) is 205 Å². The molecular weight excluding hydrogens is 1400 g/mol. The van der Waals surface area contributed by atoms with Crippen LogP contribution in [0.1, 0.15) is 196 Å². The van der Waals surface area contributed by atoms with Gasteiger partial charge in [-0.2, -0.15) is 0 Å². The number of unbranched alkanes of at least 4 members (excludes halogenated alkanes) is 9. The minimum Gasteiger partial charge on any atom is -0.850 e. The van der Waals surface area contributed by atoms with Crippen LogP contribution in [0, 0.1) is 0 Å². The molecule has 8 aromatic heterocycles. The third kappa shape index (κ3) is 24.1. The second-order valence-electron chi connectivity index (χ2n) is 24.3. The maximum absolute atomic E-state index is 11.0. The molecule has 0 radical (unpaired) electrons. The van der Waals surface area contributed by atoms with E-state index in [2.05, 4.69) is 142 Å². The topological polar surface area (TPSA) is 92.7 Å². The Morgan fingerprint density at radius 3 is 1.00 bits per heavy atom. The summed E-state index contributed by atoms with van der Waals surface area (Å²) in [4.78, 5) is 26.1. The molecule has 0 amide bonds. The van der Waals surface area contributed by atoms with Gasteiger partial charge < -0.3 is 9.84 Å². The molecular formula is C80H89FKO6PS8. The first-order chi connectivity index (χ1) is 47.1. The van der Waals surface area contributed by atoms with E-state index < -0.39 is 12.8 Å². The van der Waals surface area contributed by atoms with Crippen molar-refractivity contribution in [1.82, 2.24) is 0 Å². The fraction of sp³-hybridized carbons (Fsp3) is 0.350. The molecule has 0 unspecified atom stereocenters. The van der Waals surface area contributed by atoms with Crippen LogP contribution in [-0.2, 0) is 39.7 Å². The first-order valence-electron chi connectivity index (χ1n) is 34.1. The zero-order valence-corrected chi connectivity index (χ0v) is 68.0. The Morgan fingerprint density at radius 2 is 0.722 bits per heavy atom. The quantitative estimate of drug-likeness (QED) is 0.0232. The number of rotatable bonds is 26. The molecule has 0 fully saturated rings. The van der Waals surface area contributed by atoms with Gasteiger partial charge in [0, 0.05) is 82.1 Å². The van der Waals surface area contributed by atoms with E-state index >= 15 is 0 Å². The zero-order chi connectivity index (χ0) is 69.1. The second kappa shape index (κ2) is 41.9. The average Bonchev–Trinajstić information content (AvgIpc) is 1.60. The van der Waals surface area contributed by atoms with Crippen molar-refractivity contribution in [2.45, 2.75) is 164 Å². The van der Waals surface area contributed by atoms with Gasteiger partial charge in [-0.05, 0) is 146 Å². The molecule has 97 heavy (non-hydrogen) atoms. The van der Waals surface area contributed by atoms with Gasteiger partial charge in [-0.1, -0.05) is 184 Å². The summed E-state index contributed by atoms with van der Waals surface area (Å²) in [5.74, 6) is 0. The Labute approximate surface area is 650 Å². The normalized spacial score (nSPS) is 11.6. The number of aryl methyl sites for hydroxylation is 3. The summed E-state index contributed by atoms with van der Waals surface area (Å²) >= 11 is 14.3. The minimum absolute atomic E-state index is 0. The molecule has 0 aliphatic carbocycles. The van der Waals surface area contributed by atoms with Crippen LogP contribution < -0.4 is 56.5 Å². The Hall–Kier alpha value is -3.85. The van der Waals surface area contributed by atoms with Crippen LogP contribution in [0.3, 0.4) is 0 Å². The van der Waals surface area contributed by atoms with Gasteiger partial charge in [0.15, 0.2) is 12.6 Å². The van der Waals surface area contributed by atoms with Gasteiger partial charge >= 0.3 is 60.1 Å². The molecule has 506 valence electrons. The van der Waals surface area contributed by atoms with Crippen molar-refractivity contribution in [2.75, 3.05) is 20.4 Å². The summed E-state index contributed by atoms with van der Waals surface area (Å²) in [6.45, 7) is 17.8. The van der Waals surface area contributed by atoms with Gasteiger partial charge in [0.05, 0.1) is 43.7 Å². The van der Waals surface area contributed by atoms with E-state index in [1.54, 1.807) is 66.1 Å². The number of aldehydes is 2. The molecule has 5 aromatic carbocycles. The van der Waals surface area contributed by atoms with Crippen molar-refractivity contribution in [2.24, 2.45) is 0 Å². The molecule has 13 aromatic rings. The van der Waals surface area contributed by atoms with Crippen LogP contribution in [0.2, 0.25) is 0 Å². The summed E-state index contributed by atoms with van der Waals surface area (Å²) in [6, 6.07) is 44.7. The van der Waals surface area contributed by atoms with Crippen molar-refractivity contribution in [3.05, 3.63) is 174 Å². The molecule has 0 aliphatic heterocycles. The third-order valence-corrected chi connectivity index (χ3v) is 25.2. The number of thiophene rings is 8. The van der Waals surface area contributed by atoms with Gasteiger partial charge in [-0.25, -0.2) is 4.57 Å². The van der Waals surface area contributed by atoms with Crippen LogP contribution in [0.25, 0.3) is 102 Å². The summed E-state index contributed by atoms with van der Waals surface area (Å²) in [6.07, 6.45) is 30.2. The number of hydrogen-bond acceptors (Lipinski definition) is 14. The summed E-state index contributed by atoms with van der Waals surface area (Å²) in [7, 11) is -1.25. The number of halogens is 1. The molecule has 0 bridgehead atoms. The molecule has 0 aliphatic rings. The van der Waals surface area contributed by atoms with Gasteiger partial charge in [-0.3, -0.25) is 18.5 Å². The monoisotopic (exact) mass is 1490 g/mol. The zero-order valence-electron chi connectivity index (χ0n) is 58.5. The van der Waals surface area contributed by atoms with E-state index in [4.69, 9.17) is 10.6 Å². The van der Waals surface area contributed by atoms with Crippen LogP contribution in [0.5, 0.6) is 0 Å². The summed E-state index contributed by atoms with van der Waals surface area (Å²) in [5, 5.41) is 15.4. The van der Waals surface area contributed by atoms with Gasteiger partial charge in [0.25, 0.3) is 0 Å². The molecule has 8 heterocycles. The molecule has 0 spiro atoms. The van der Waals surface area contributed by atoms with Gasteiger partial charge in [0.2, 0.25) is 0 Å². The van der Waals surface area contributed by atoms with Crippen LogP contribution >= 0.6 is 99.4 Å². The van der Waals surface area contributed by atoms with E-state index in [9.17, 15) is 23.7 Å². The number of ether oxygens (including phenoxy) is 1. The largest absolute Gasteiger partial charge is 1.00 e. The standard InChI is InChI=1S/C42H42S4.C16H6O2S4.C13H19O2P.C4H9O.C4H10O.CH3F.K/c1-3-5-7-9-11-29-13-17-31(18-14-29)21-23-33-25-39-41(43-33)35-27-38-36(28-37(35)45-39)42-40(46-38)26-34(44-42)24-22-32-19-15-30(16-20-32)12-10-8-6-4-2;17-5-7-1-13-15(19-7)9-3-12-10(4-11(9)21-13)16-14(22-12)2-8(6-18)20-16;1-2-3-4-5-6-12-7-9-13(10-8-12)11-15-16-14;1-4(2,3)5;1-3-5-4-2;1-2;/h13-28H,3-12H2,1-2H3;1-6H;7-10H,2-6,11H2,1H3;1-3H3;3-4H2,1-2H3;1H3;/q;;;-1;;;+1/b23-21+,24-22+;;;;;;/i;;;;;1D;. The predicted octanol–water partition coefficient (Wildman–Crippen LogP) is 24.6. The number of carbonyl (C=O) groups excluding carboxylic acids is 2. The second-order valence-corrected chi connectivity index (χ2v) is 33.4. The Kier molecular flexibility index (Phi) is 34.1. The first-order valence-corrected chi connectivity index (χ1v) is 40.6. The Morgan fingerprint density at radius 1 is 0.433 bits per heavy atom. The summed E-state index contributed by atoms with van der Waals surface area (Å²) in [5.41, 5.74) is 7.16. The van der Waals surface area contributed by atoms with E-state index in [0.717, 1.165) is 47.5 Å². The van der Waals surface area contributed by atoms with Crippen molar-refractivity contribution in [1.29, 1.82) is 0 Å². The Bertz CT molecular complexity index is 4350. The maximum atomic E-state index is 11.0. The number of hydrogen-bond donors (Lipinski definition) is 0. The first kappa shape index (κ1) is 78.9. The summed E-state index contributed by atoms with van der Waals surface area (Å²) < 4.78 is 50.9. The van der Waals surface area contributed by atoms with E-state index in [1.807, 2.05) is 83.5 Å². The SMILES string of the molecule is CC(C)(C)[O-].CCCCCCc1ccc(/C=C/c2cc3sc4cc5c(cc4c3s2)sc2cc(/C=C/c3ccc(CCCCCC)cc3)sc25)cc1.CCCCCCc1ccc(COP=O)cc1.CCOCC.O=Cc1cc2sc3cc4c(cc3c2s1)sc1cc(C=O)sc14.[2H]CF.[K+]. The minimum atomic E-state index is -1.00. The fourth-order valence-electron chi connectivity index (χ4n) is 10.9. The van der Waals surface area contributed by atoms with Crippen molar-refractivity contribution in [3.8, 4) is 0 Å². The number of carbonyl (C=O) groups is 2. The Balaban J connectivity index is 0.000000214. The smallest absolute Gasteiger partial charge is 0.850 e. The third-order valence-electron chi connectivity index (χ3n) is 15.6. The molecule has 0 atom stereocenters. The van der Waals surface area contributed by atoms with Crippen molar-refractivity contribution >= 4 is 214 Å². The number of fused-ring (bicyclic) bond motifs is 12. The molecule has 17 heteroatoms. The fourth-order valence-corrected chi connectivity index (χ4v) is 20.7. The molecule has 0 saturated carbocycles. The number of benzene rings is 5. The molecule has 13 rings (SSSR count). The van der Waals surface area contributed by atoms with E-state index in [-0.39, 0.29) is 60.1 Å². The average molecular weight is 1490 g/mol. The van der Waals surface area contributed by atoms with Crippen LogP contribution in [0.4, 0.5) is 4.39 Å². The number of alkyl halides is 1. The van der Waals surface area contributed by atoms with Crippen LogP contribution in [-0.4, -0.2) is 38.5 Å². The van der Waals surface area contributed by atoms with Gasteiger partial charge in [0.1, 0.15) is 0 Å². The van der Waals surface area contributed by atoms with Gasteiger partial charge in [-0.15, -0.1) is 96.3 Å². The van der Waals surface area contributed by atoms with Crippen molar-refractivity contribution < 1.29 is 85.7 Å². The van der Waals surface area contributed by atoms with E-state index in [0.29, 0.717) is 6.61 Å². The van der Waals surface area contributed by atoms with Crippen LogP contribution in [0.15, 0.2) is 121 Å². The van der Waals surface area contributed by atoms with Crippen molar-refractivity contribution in [3.63, 3.8) is 0 Å². The molecule has 0 N–H and O–H groups in total. The predicted molar refractivity (Wildman–Crippen MR) is 429 cm³/mol.